The van der Waals surface area contributed by atoms with Crippen LogP contribution in [0.15, 0.2) is 46.6 Å². The summed E-state index contributed by atoms with van der Waals surface area (Å²) in [7, 11) is 0. The Hall–Kier alpha value is -2.84. The average molecular weight is 508 g/mol. The lowest BCUT2D eigenvalue weighted by Crippen LogP contribution is -2.30. The Bertz CT molecular complexity index is 1030. The molecule has 0 spiro atoms. The molecule has 0 bridgehead atoms. The van der Waals surface area contributed by atoms with Crippen LogP contribution in [-0.2, 0) is 20.9 Å². The maximum Gasteiger partial charge on any atom is 0.344 e. The summed E-state index contributed by atoms with van der Waals surface area (Å²) in [5.74, 6) is -0.662. The first-order valence-electron chi connectivity index (χ1n) is 9.46. The van der Waals surface area contributed by atoms with E-state index in [0.717, 1.165) is 16.0 Å². The number of benzene rings is 2. The van der Waals surface area contributed by atoms with Crippen LogP contribution in [0.4, 0.5) is 4.79 Å². The largest absolute Gasteiger partial charge is 0.479 e. The van der Waals surface area contributed by atoms with E-state index in [9.17, 15) is 14.4 Å². The van der Waals surface area contributed by atoms with E-state index < -0.39 is 17.9 Å². The quantitative estimate of drug-likeness (QED) is 0.340. The number of urea groups is 1. The van der Waals surface area contributed by atoms with Gasteiger partial charge in [0.1, 0.15) is 5.70 Å². The highest BCUT2D eigenvalue weighted by molar-refractivity contribution is 9.10. The van der Waals surface area contributed by atoms with Crippen LogP contribution in [0.25, 0.3) is 6.08 Å². The van der Waals surface area contributed by atoms with E-state index in [1.54, 1.807) is 19.1 Å². The van der Waals surface area contributed by atoms with Gasteiger partial charge in [0.05, 0.1) is 22.6 Å². The van der Waals surface area contributed by atoms with Gasteiger partial charge < -0.3 is 14.8 Å². The highest BCUT2D eigenvalue weighted by Gasteiger charge is 2.33. The Morgan fingerprint density at radius 1 is 1.23 bits per heavy atom. The Morgan fingerprint density at radius 2 is 1.94 bits per heavy atom. The molecule has 1 heterocycles. The van der Waals surface area contributed by atoms with Crippen molar-refractivity contribution >= 4 is 51.5 Å². The number of hydrogen-bond donors (Lipinski definition) is 1. The van der Waals surface area contributed by atoms with Gasteiger partial charge in [-0.2, -0.15) is 0 Å². The van der Waals surface area contributed by atoms with Crippen molar-refractivity contribution < 1.29 is 23.9 Å². The summed E-state index contributed by atoms with van der Waals surface area (Å²) in [4.78, 5) is 37.6. The average Bonchev–Trinajstić information content (AvgIpc) is 2.96. The first-order valence-corrected chi connectivity index (χ1v) is 10.6. The number of nitrogens with one attached hydrogen (secondary N) is 1. The molecule has 2 aromatic carbocycles. The molecule has 1 fully saturated rings. The molecule has 31 heavy (non-hydrogen) atoms. The van der Waals surface area contributed by atoms with Gasteiger partial charge in [-0.25, -0.2) is 9.59 Å². The summed E-state index contributed by atoms with van der Waals surface area (Å²) in [6.45, 7) is 3.82. The second kappa shape index (κ2) is 9.98. The van der Waals surface area contributed by atoms with Crippen LogP contribution in [0.2, 0.25) is 5.02 Å². The van der Waals surface area contributed by atoms with E-state index in [4.69, 9.17) is 21.1 Å². The van der Waals surface area contributed by atoms with E-state index >= 15 is 0 Å². The van der Waals surface area contributed by atoms with Crippen LogP contribution in [0.5, 0.6) is 5.75 Å². The second-order valence-electron chi connectivity index (χ2n) is 6.77. The van der Waals surface area contributed by atoms with Crippen molar-refractivity contribution in [3.63, 3.8) is 0 Å². The third kappa shape index (κ3) is 5.65. The highest BCUT2D eigenvalue weighted by Crippen LogP contribution is 2.35. The van der Waals surface area contributed by atoms with Crippen LogP contribution < -0.4 is 10.1 Å². The van der Waals surface area contributed by atoms with Gasteiger partial charge in [-0.1, -0.05) is 41.4 Å². The van der Waals surface area contributed by atoms with Crippen molar-refractivity contribution in [3.8, 4) is 5.75 Å². The number of halogens is 2. The smallest absolute Gasteiger partial charge is 0.344 e. The van der Waals surface area contributed by atoms with E-state index in [0.29, 0.717) is 10.0 Å². The van der Waals surface area contributed by atoms with Crippen LogP contribution in [-0.4, -0.2) is 36.0 Å². The van der Waals surface area contributed by atoms with E-state index in [1.165, 1.54) is 6.08 Å². The molecule has 9 heteroatoms. The number of ether oxygens (including phenoxy) is 2. The summed E-state index contributed by atoms with van der Waals surface area (Å²) in [6.07, 6.45) is 1.53. The molecular weight excluding hydrogens is 488 g/mol. The van der Waals surface area contributed by atoms with Crippen molar-refractivity contribution in [1.82, 2.24) is 10.2 Å². The number of rotatable bonds is 7. The minimum Gasteiger partial charge on any atom is -0.479 e. The number of amides is 3. The van der Waals surface area contributed by atoms with E-state index in [2.05, 4.69) is 21.2 Å². The van der Waals surface area contributed by atoms with E-state index in [1.807, 2.05) is 31.2 Å². The number of esters is 1. The molecule has 0 atom stereocenters. The second-order valence-corrected chi connectivity index (χ2v) is 8.03. The van der Waals surface area contributed by atoms with Crippen molar-refractivity contribution in [1.29, 1.82) is 0 Å². The molecule has 0 unspecified atom stereocenters. The molecule has 1 aliphatic heterocycles. The number of hydrogen-bond acceptors (Lipinski definition) is 5. The molecule has 1 N–H and O–H groups in total. The molecule has 2 aromatic rings. The van der Waals surface area contributed by atoms with Gasteiger partial charge in [0.2, 0.25) is 0 Å². The molecule has 0 radical (unpaired) electrons. The maximum atomic E-state index is 12.7. The van der Waals surface area contributed by atoms with Gasteiger partial charge in [-0.3, -0.25) is 9.69 Å². The third-order valence-electron chi connectivity index (χ3n) is 4.39. The monoisotopic (exact) mass is 506 g/mol. The van der Waals surface area contributed by atoms with Gasteiger partial charge in [-0.05, 0) is 59.1 Å². The summed E-state index contributed by atoms with van der Waals surface area (Å²) in [5.41, 5.74) is 2.66. The minimum absolute atomic E-state index is 0.139. The van der Waals surface area contributed by atoms with Gasteiger partial charge >= 0.3 is 12.0 Å². The summed E-state index contributed by atoms with van der Waals surface area (Å²) < 4.78 is 10.7. The Labute approximate surface area is 193 Å². The molecule has 0 aliphatic carbocycles. The molecule has 0 aromatic heterocycles. The molecule has 162 valence electrons. The normalized spacial score (nSPS) is 14.7. The first-order chi connectivity index (χ1) is 14.8. The topological polar surface area (TPSA) is 84.9 Å². The summed E-state index contributed by atoms with van der Waals surface area (Å²) in [5, 5.41) is 2.82. The maximum absolute atomic E-state index is 12.7. The van der Waals surface area contributed by atoms with Gasteiger partial charge in [-0.15, -0.1) is 0 Å². The standard InChI is InChI=1S/C22H20BrClN2O5/c1-3-30-19(27)12-31-20-16(23)8-15(9-17(20)24)10-18-21(28)26(22(29)25-18)11-14-6-4-13(2)5-7-14/h4-10H,3,11-12H2,1-2H3,(H,25,29)/b18-10+. The molecule has 1 aliphatic rings. The fourth-order valence-electron chi connectivity index (χ4n) is 2.89. The minimum atomic E-state index is -0.510. The molecule has 3 rings (SSSR count). The lowest BCUT2D eigenvalue weighted by molar-refractivity contribution is -0.145. The molecule has 1 saturated heterocycles. The van der Waals surface area contributed by atoms with Crippen molar-refractivity contribution in [2.45, 2.75) is 20.4 Å². The van der Waals surface area contributed by atoms with Crippen LogP contribution in [0.3, 0.4) is 0 Å². The Morgan fingerprint density at radius 3 is 2.58 bits per heavy atom. The predicted molar refractivity (Wildman–Crippen MR) is 120 cm³/mol. The lowest BCUT2D eigenvalue weighted by Gasteiger charge is -2.12. The summed E-state index contributed by atoms with van der Waals surface area (Å²) in [6, 6.07) is 10.4. The van der Waals surface area contributed by atoms with E-state index in [-0.39, 0.29) is 36.2 Å². The Kier molecular flexibility index (Phi) is 7.35. The van der Waals surface area contributed by atoms with Gasteiger partial charge in [0.15, 0.2) is 12.4 Å². The zero-order valence-electron chi connectivity index (χ0n) is 16.9. The number of carbonyl (C=O) groups is 3. The highest BCUT2D eigenvalue weighted by atomic mass is 79.9. The summed E-state index contributed by atoms with van der Waals surface area (Å²) >= 11 is 9.63. The fraction of sp³-hybridized carbons (Fsp3) is 0.227. The number of nitrogens with zero attached hydrogens (tertiary/aromatic N) is 1. The molecule has 3 amide bonds. The van der Waals surface area contributed by atoms with Crippen LogP contribution >= 0.6 is 27.5 Å². The SMILES string of the molecule is CCOC(=O)COc1c(Cl)cc(/C=C2/NC(=O)N(Cc3ccc(C)cc3)C2=O)cc1Br. The molecular formula is C22H20BrClN2O5. The molecule has 0 saturated carbocycles. The zero-order chi connectivity index (χ0) is 22.5. The molecule has 7 nitrogen and oxygen atoms in total. The first kappa shape index (κ1) is 22.8. The van der Waals surface area contributed by atoms with Crippen molar-refractivity contribution in [2.24, 2.45) is 0 Å². The fourth-order valence-corrected chi connectivity index (χ4v) is 3.88. The van der Waals surface area contributed by atoms with Crippen molar-refractivity contribution in [2.75, 3.05) is 13.2 Å². The van der Waals surface area contributed by atoms with Crippen LogP contribution in [0.1, 0.15) is 23.6 Å². The number of aryl methyl sites for hydroxylation is 1. The van der Waals surface area contributed by atoms with Crippen LogP contribution in [0, 0.1) is 6.92 Å². The Balaban J connectivity index is 1.75. The zero-order valence-corrected chi connectivity index (χ0v) is 19.2. The number of imide groups is 1. The predicted octanol–water partition coefficient (Wildman–Crippen LogP) is 4.45. The lowest BCUT2D eigenvalue weighted by atomic mass is 10.1. The van der Waals surface area contributed by atoms with Gasteiger partial charge in [0, 0.05) is 0 Å². The van der Waals surface area contributed by atoms with Gasteiger partial charge in [0.25, 0.3) is 5.91 Å². The van der Waals surface area contributed by atoms with Crippen molar-refractivity contribution in [3.05, 3.63) is 68.3 Å². The number of carbonyl (C=O) groups excluding carboxylic acids is 3. The third-order valence-corrected chi connectivity index (χ3v) is 5.26.